The van der Waals surface area contributed by atoms with Crippen LogP contribution in [0, 0.1) is 0 Å². The first-order valence-electron chi connectivity index (χ1n) is 3.75. The second kappa shape index (κ2) is 4.21. The van der Waals surface area contributed by atoms with E-state index < -0.39 is 10.0 Å². The van der Waals surface area contributed by atoms with Gasteiger partial charge in [-0.05, 0) is 31.2 Å². The smallest absolute Gasteiger partial charge is 0.206 e. The van der Waals surface area contributed by atoms with Crippen LogP contribution in [0.1, 0.15) is 6.92 Å². The predicted octanol–water partition coefficient (Wildman–Crippen LogP) is 1.76. The zero-order valence-corrected chi connectivity index (χ0v) is 9.47. The van der Waals surface area contributed by atoms with Crippen molar-refractivity contribution in [3.05, 3.63) is 28.7 Å². The summed E-state index contributed by atoms with van der Waals surface area (Å²) in [7, 11) is -3.42. The third-order valence-corrected chi connectivity index (χ3v) is 3.41. The molecule has 1 aromatic rings. The molecule has 3 nitrogen and oxygen atoms in total. The van der Waals surface area contributed by atoms with Gasteiger partial charge in [-0.2, -0.15) is 0 Å². The quantitative estimate of drug-likeness (QED) is 0.834. The van der Waals surface area contributed by atoms with Crippen LogP contribution in [0.25, 0.3) is 0 Å². The Balaban J connectivity index is 3.02. The maximum Gasteiger partial charge on any atom is 0.256 e. The van der Waals surface area contributed by atoms with Crippen molar-refractivity contribution in [2.75, 3.05) is 6.54 Å². The third kappa shape index (κ3) is 2.79. The summed E-state index contributed by atoms with van der Waals surface area (Å²) in [5, 5.41) is 0. The maximum absolute atomic E-state index is 11.4. The number of benzene rings is 1. The molecule has 5 heteroatoms. The molecule has 0 heterocycles. The topological polar surface area (TPSA) is 48.2 Å². The van der Waals surface area contributed by atoms with Crippen LogP contribution >= 0.6 is 15.9 Å². The van der Waals surface area contributed by atoms with Crippen LogP contribution in [-0.2, 0) is 10.0 Å². The Morgan fingerprint density at radius 1 is 1.31 bits per heavy atom. The molecule has 0 aliphatic heterocycles. The first kappa shape index (κ1) is 10.7. The molecule has 0 saturated carbocycles. The van der Waals surface area contributed by atoms with Gasteiger partial charge in [0.2, 0.25) is 0 Å². The van der Waals surface area contributed by atoms with E-state index in [-0.39, 0.29) is 11.4 Å². The van der Waals surface area contributed by atoms with E-state index in [0.717, 1.165) is 4.47 Å². The minimum Gasteiger partial charge on any atom is -0.206 e. The fourth-order valence-corrected chi connectivity index (χ4v) is 2.08. The van der Waals surface area contributed by atoms with Gasteiger partial charge in [0.1, 0.15) is 0 Å². The van der Waals surface area contributed by atoms with Crippen LogP contribution in [0.4, 0.5) is 0 Å². The molecule has 0 unspecified atom stereocenters. The van der Waals surface area contributed by atoms with Gasteiger partial charge in [0.05, 0.1) is 4.90 Å². The van der Waals surface area contributed by atoms with Crippen LogP contribution in [0.2, 0.25) is 0 Å². The molecule has 0 bridgehead atoms. The van der Waals surface area contributed by atoms with Crippen molar-refractivity contribution in [1.82, 2.24) is 4.72 Å². The number of halogens is 1. The van der Waals surface area contributed by atoms with Crippen molar-refractivity contribution >= 4 is 26.0 Å². The van der Waals surface area contributed by atoms with Crippen molar-refractivity contribution in [1.29, 1.82) is 0 Å². The fourth-order valence-electron chi connectivity index (χ4n) is 0.851. The van der Waals surface area contributed by atoms with Crippen LogP contribution in [0.3, 0.4) is 0 Å². The highest BCUT2D eigenvalue weighted by atomic mass is 79.9. The van der Waals surface area contributed by atoms with Gasteiger partial charge in [0.25, 0.3) is 10.0 Å². The van der Waals surface area contributed by atoms with E-state index in [1.807, 2.05) is 0 Å². The average molecular weight is 263 g/mol. The van der Waals surface area contributed by atoms with E-state index >= 15 is 0 Å². The summed E-state index contributed by atoms with van der Waals surface area (Å²) in [6, 6.07) is 6.41. The van der Waals surface area contributed by atoms with Gasteiger partial charge in [-0.3, -0.25) is 0 Å². The zero-order valence-electron chi connectivity index (χ0n) is 7.07. The highest BCUT2D eigenvalue weighted by Crippen LogP contribution is 2.14. The van der Waals surface area contributed by atoms with Crippen molar-refractivity contribution in [2.45, 2.75) is 11.8 Å². The monoisotopic (exact) mass is 262 g/mol. The number of hydrogen-bond acceptors (Lipinski definition) is 2. The summed E-state index contributed by atoms with van der Waals surface area (Å²) in [6.45, 7) is 1.97. The molecular weight excluding hydrogens is 254 g/mol. The number of nitrogens with zero attached hydrogens (tertiary/aromatic N) is 1. The van der Waals surface area contributed by atoms with Crippen molar-refractivity contribution in [3.8, 4) is 0 Å². The Morgan fingerprint density at radius 3 is 2.31 bits per heavy atom. The molecule has 1 rings (SSSR count). The summed E-state index contributed by atoms with van der Waals surface area (Å²) in [4.78, 5) is 0.234. The van der Waals surface area contributed by atoms with E-state index in [1.165, 1.54) is 12.1 Å². The predicted molar refractivity (Wildman–Crippen MR) is 54.0 cm³/mol. The van der Waals surface area contributed by atoms with Gasteiger partial charge < -0.3 is 0 Å². The van der Waals surface area contributed by atoms with Gasteiger partial charge >= 0.3 is 0 Å². The molecule has 1 aromatic carbocycles. The molecule has 0 amide bonds. The normalized spacial score (nSPS) is 11.5. The zero-order chi connectivity index (χ0) is 9.90. The molecule has 0 saturated heterocycles. The molecule has 0 N–H and O–H groups in total. The molecule has 0 aliphatic carbocycles. The average Bonchev–Trinajstić information content (AvgIpc) is 2.05. The van der Waals surface area contributed by atoms with Crippen LogP contribution in [-0.4, -0.2) is 15.0 Å². The Morgan fingerprint density at radius 2 is 1.85 bits per heavy atom. The molecule has 0 fully saturated rings. The Hall–Kier alpha value is -0.390. The lowest BCUT2D eigenvalue weighted by atomic mass is 10.4. The third-order valence-electron chi connectivity index (χ3n) is 1.41. The van der Waals surface area contributed by atoms with Crippen LogP contribution in [0.5, 0.6) is 0 Å². The lowest BCUT2D eigenvalue weighted by Gasteiger charge is -2.01. The highest BCUT2D eigenvalue weighted by Gasteiger charge is 2.12. The van der Waals surface area contributed by atoms with Gasteiger partial charge in [-0.25, -0.2) is 8.42 Å². The van der Waals surface area contributed by atoms with Crippen molar-refractivity contribution < 1.29 is 8.42 Å². The summed E-state index contributed by atoms with van der Waals surface area (Å²) in [5.74, 6) is 0. The second-order valence-electron chi connectivity index (χ2n) is 2.37. The second-order valence-corrected chi connectivity index (χ2v) is 4.97. The summed E-state index contributed by atoms with van der Waals surface area (Å²) >= 11 is 3.23. The maximum atomic E-state index is 11.4. The summed E-state index contributed by atoms with van der Waals surface area (Å²) < 4.78 is 27.1. The van der Waals surface area contributed by atoms with E-state index in [9.17, 15) is 8.42 Å². The van der Waals surface area contributed by atoms with Gasteiger partial charge in [-0.15, -0.1) is 4.72 Å². The molecule has 0 aromatic heterocycles. The minimum atomic E-state index is -3.42. The molecule has 1 radical (unpaired) electrons. The van der Waals surface area contributed by atoms with Gasteiger partial charge in [0.15, 0.2) is 0 Å². The standard InChI is InChI=1S/C8H9BrNO2S/c1-2-10-13(11,12)8-5-3-7(9)4-6-8/h3-6H,2H2,1H3. The van der Waals surface area contributed by atoms with Crippen LogP contribution in [0.15, 0.2) is 33.6 Å². The lowest BCUT2D eigenvalue weighted by molar-refractivity contribution is 0.582. The van der Waals surface area contributed by atoms with E-state index in [0.29, 0.717) is 0 Å². The Bertz CT molecular complexity index is 372. The van der Waals surface area contributed by atoms with E-state index in [1.54, 1.807) is 19.1 Å². The number of rotatable bonds is 3. The number of sulfonamides is 1. The molecule has 0 aliphatic rings. The van der Waals surface area contributed by atoms with Crippen LogP contribution < -0.4 is 4.72 Å². The highest BCUT2D eigenvalue weighted by molar-refractivity contribution is 9.10. The molecule has 13 heavy (non-hydrogen) atoms. The first-order valence-corrected chi connectivity index (χ1v) is 5.99. The number of hydrogen-bond donors (Lipinski definition) is 0. The van der Waals surface area contributed by atoms with Crippen molar-refractivity contribution in [2.24, 2.45) is 0 Å². The summed E-state index contributed by atoms with van der Waals surface area (Å²) in [5.41, 5.74) is 0. The Labute approximate surface area is 86.3 Å². The fraction of sp³-hybridized carbons (Fsp3) is 0.250. The van der Waals surface area contributed by atoms with E-state index in [4.69, 9.17) is 0 Å². The Kier molecular flexibility index (Phi) is 3.47. The SMILES string of the molecule is CC[N]S(=O)(=O)c1ccc(Br)cc1. The van der Waals surface area contributed by atoms with Gasteiger partial charge in [-0.1, -0.05) is 15.9 Å². The molecular formula is C8H9BrNO2S. The lowest BCUT2D eigenvalue weighted by Crippen LogP contribution is -2.15. The molecule has 71 valence electrons. The summed E-state index contributed by atoms with van der Waals surface area (Å²) in [6.07, 6.45) is 0. The van der Waals surface area contributed by atoms with E-state index in [2.05, 4.69) is 20.7 Å². The first-order chi connectivity index (χ1) is 6.06. The molecule has 0 atom stereocenters. The minimum absolute atomic E-state index is 0.234. The van der Waals surface area contributed by atoms with Gasteiger partial charge in [0, 0.05) is 11.0 Å². The largest absolute Gasteiger partial charge is 0.256 e. The van der Waals surface area contributed by atoms with Crippen molar-refractivity contribution in [3.63, 3.8) is 0 Å². The molecule has 0 spiro atoms.